The molecule has 25 heavy (non-hydrogen) atoms. The normalized spacial score (nSPS) is 18.0. The second-order valence-electron chi connectivity index (χ2n) is 8.10. The maximum absolute atomic E-state index is 11.8. The Hall–Kier alpha value is -1.59. The molecule has 1 amide bonds. The molecule has 1 atom stereocenters. The van der Waals surface area contributed by atoms with Crippen LogP contribution >= 0.6 is 0 Å². The molecule has 140 valence electrons. The summed E-state index contributed by atoms with van der Waals surface area (Å²) < 4.78 is 5.31. The van der Waals surface area contributed by atoms with Crippen molar-refractivity contribution in [3.63, 3.8) is 0 Å². The number of aliphatic hydroxyl groups excluding tert-OH is 1. The van der Waals surface area contributed by atoms with Gasteiger partial charge in [0.05, 0.1) is 6.10 Å². The summed E-state index contributed by atoms with van der Waals surface area (Å²) in [5, 5.41) is 13.5. The van der Waals surface area contributed by atoms with Crippen molar-refractivity contribution < 1.29 is 14.6 Å². The van der Waals surface area contributed by atoms with Gasteiger partial charge in [0, 0.05) is 25.7 Å². The van der Waals surface area contributed by atoms with E-state index < -0.39 is 11.7 Å². The number of nitrogens with zero attached hydrogens (tertiary/aromatic N) is 1. The Bertz CT molecular complexity index is 587. The van der Waals surface area contributed by atoms with Crippen LogP contribution in [0.3, 0.4) is 0 Å². The fourth-order valence-corrected chi connectivity index (χ4v) is 3.28. The molecule has 1 aromatic carbocycles. The van der Waals surface area contributed by atoms with Gasteiger partial charge in [-0.25, -0.2) is 4.79 Å². The summed E-state index contributed by atoms with van der Waals surface area (Å²) in [6.07, 6.45) is 0.926. The van der Waals surface area contributed by atoms with Crippen LogP contribution in [0.4, 0.5) is 4.79 Å². The molecule has 1 fully saturated rings. The number of carbonyl (C=O) groups excluding carboxylic acids is 1. The first-order chi connectivity index (χ1) is 11.6. The molecule has 1 aliphatic heterocycles. The Morgan fingerprint density at radius 3 is 2.52 bits per heavy atom. The number of nitrogens with one attached hydrogen (secondary N) is 1. The first-order valence-corrected chi connectivity index (χ1v) is 9.11. The van der Waals surface area contributed by atoms with Gasteiger partial charge in [0.1, 0.15) is 5.60 Å². The molecule has 1 unspecified atom stereocenters. The number of hydrogen-bond donors (Lipinski definition) is 2. The predicted octanol–water partition coefficient (Wildman–Crippen LogP) is 3.33. The second kappa shape index (κ2) is 8.19. The van der Waals surface area contributed by atoms with Gasteiger partial charge in [-0.15, -0.1) is 0 Å². The van der Waals surface area contributed by atoms with Gasteiger partial charge in [0.2, 0.25) is 0 Å². The SMILES string of the molecule is Cc1ccc(C(O)CN2CCC(NC(=O)OC(C)(C)C)CC2)c(C)c1. The van der Waals surface area contributed by atoms with Crippen molar-refractivity contribution in [3.05, 3.63) is 34.9 Å². The van der Waals surface area contributed by atoms with E-state index in [2.05, 4.69) is 23.2 Å². The van der Waals surface area contributed by atoms with E-state index in [0.29, 0.717) is 6.54 Å². The van der Waals surface area contributed by atoms with Gasteiger partial charge >= 0.3 is 6.09 Å². The highest BCUT2D eigenvalue weighted by Gasteiger charge is 2.25. The van der Waals surface area contributed by atoms with Gasteiger partial charge in [0.25, 0.3) is 0 Å². The zero-order valence-corrected chi connectivity index (χ0v) is 16.1. The Morgan fingerprint density at radius 1 is 1.32 bits per heavy atom. The summed E-state index contributed by atoms with van der Waals surface area (Å²) >= 11 is 0. The Labute approximate surface area is 151 Å². The van der Waals surface area contributed by atoms with Crippen LogP contribution in [0.1, 0.15) is 56.4 Å². The van der Waals surface area contributed by atoms with E-state index in [0.717, 1.165) is 37.1 Å². The van der Waals surface area contributed by atoms with E-state index in [1.807, 2.05) is 39.8 Å². The largest absolute Gasteiger partial charge is 0.444 e. The molecule has 5 heteroatoms. The molecule has 2 rings (SSSR count). The lowest BCUT2D eigenvalue weighted by atomic mass is 9.99. The van der Waals surface area contributed by atoms with Crippen molar-refractivity contribution in [2.24, 2.45) is 0 Å². The van der Waals surface area contributed by atoms with Gasteiger partial charge in [-0.1, -0.05) is 23.8 Å². The lowest BCUT2D eigenvalue weighted by Crippen LogP contribution is -2.46. The fraction of sp³-hybridized carbons (Fsp3) is 0.650. The standard InChI is InChI=1S/C20H32N2O3/c1-14-6-7-17(15(2)12-14)18(23)13-22-10-8-16(9-11-22)21-19(24)25-20(3,4)5/h6-7,12,16,18,23H,8-11,13H2,1-5H3,(H,21,24). The van der Waals surface area contributed by atoms with Crippen molar-refractivity contribution in [2.75, 3.05) is 19.6 Å². The Morgan fingerprint density at radius 2 is 1.96 bits per heavy atom. The van der Waals surface area contributed by atoms with Crippen molar-refractivity contribution in [1.82, 2.24) is 10.2 Å². The molecule has 5 nitrogen and oxygen atoms in total. The first kappa shape index (κ1) is 19.7. The summed E-state index contributed by atoms with van der Waals surface area (Å²) in [5.74, 6) is 0. The van der Waals surface area contributed by atoms with Crippen LogP contribution in [-0.4, -0.2) is 47.4 Å². The van der Waals surface area contributed by atoms with Gasteiger partial charge in [-0.2, -0.15) is 0 Å². The minimum absolute atomic E-state index is 0.143. The van der Waals surface area contributed by atoms with E-state index in [1.165, 1.54) is 5.56 Å². The van der Waals surface area contributed by atoms with Crippen LogP contribution < -0.4 is 5.32 Å². The van der Waals surface area contributed by atoms with Crippen molar-refractivity contribution in [3.8, 4) is 0 Å². The van der Waals surface area contributed by atoms with E-state index >= 15 is 0 Å². The van der Waals surface area contributed by atoms with Gasteiger partial charge in [-0.3, -0.25) is 0 Å². The summed E-state index contributed by atoms with van der Waals surface area (Å²) in [4.78, 5) is 14.1. The highest BCUT2D eigenvalue weighted by Crippen LogP contribution is 2.22. The third-order valence-corrected chi connectivity index (χ3v) is 4.52. The fourth-order valence-electron chi connectivity index (χ4n) is 3.28. The minimum atomic E-state index is -0.476. The molecule has 0 radical (unpaired) electrons. The molecule has 0 saturated carbocycles. The lowest BCUT2D eigenvalue weighted by Gasteiger charge is -2.34. The highest BCUT2D eigenvalue weighted by molar-refractivity contribution is 5.68. The second-order valence-corrected chi connectivity index (χ2v) is 8.10. The van der Waals surface area contributed by atoms with E-state index in [4.69, 9.17) is 4.74 Å². The summed E-state index contributed by atoms with van der Waals surface area (Å²) in [6.45, 7) is 12.1. The number of ether oxygens (including phenoxy) is 1. The quantitative estimate of drug-likeness (QED) is 0.876. The maximum atomic E-state index is 11.8. The number of piperidine rings is 1. The molecule has 0 bridgehead atoms. The summed E-state index contributed by atoms with van der Waals surface area (Å²) in [7, 11) is 0. The number of alkyl carbamates (subject to hydrolysis) is 1. The number of amides is 1. The van der Waals surface area contributed by atoms with E-state index in [-0.39, 0.29) is 12.1 Å². The topological polar surface area (TPSA) is 61.8 Å². The number of benzene rings is 1. The number of likely N-dealkylation sites (tertiary alicyclic amines) is 1. The summed E-state index contributed by atoms with van der Waals surface area (Å²) in [5.41, 5.74) is 2.87. The monoisotopic (exact) mass is 348 g/mol. The van der Waals surface area contributed by atoms with Crippen LogP contribution in [0.25, 0.3) is 0 Å². The smallest absolute Gasteiger partial charge is 0.407 e. The number of carbonyl (C=O) groups is 1. The minimum Gasteiger partial charge on any atom is -0.444 e. The Balaban J connectivity index is 1.79. The molecule has 1 aromatic rings. The Kier molecular flexibility index (Phi) is 6.47. The molecule has 1 saturated heterocycles. The van der Waals surface area contributed by atoms with Crippen molar-refractivity contribution in [2.45, 2.75) is 65.2 Å². The molecule has 2 N–H and O–H groups in total. The van der Waals surface area contributed by atoms with Gasteiger partial charge in [-0.05, 0) is 58.6 Å². The molecule has 0 aromatic heterocycles. The number of aryl methyl sites for hydroxylation is 2. The maximum Gasteiger partial charge on any atom is 0.407 e. The molecular formula is C20H32N2O3. The highest BCUT2D eigenvalue weighted by atomic mass is 16.6. The molecular weight excluding hydrogens is 316 g/mol. The average molecular weight is 348 g/mol. The molecule has 0 spiro atoms. The third-order valence-electron chi connectivity index (χ3n) is 4.52. The molecule has 1 heterocycles. The molecule has 1 aliphatic rings. The zero-order valence-electron chi connectivity index (χ0n) is 16.1. The lowest BCUT2D eigenvalue weighted by molar-refractivity contribution is 0.0458. The third kappa shape index (κ3) is 6.33. The first-order valence-electron chi connectivity index (χ1n) is 9.11. The number of rotatable bonds is 4. The van der Waals surface area contributed by atoms with Crippen molar-refractivity contribution >= 4 is 6.09 Å². The van der Waals surface area contributed by atoms with Gasteiger partial charge in [0.15, 0.2) is 0 Å². The number of β-amino-alcohol motifs (C(OH)–C–C–N with tert-alkyl or cyclic N) is 1. The van der Waals surface area contributed by atoms with Crippen LogP contribution in [0.5, 0.6) is 0 Å². The van der Waals surface area contributed by atoms with Crippen LogP contribution in [0.2, 0.25) is 0 Å². The van der Waals surface area contributed by atoms with Crippen LogP contribution in [-0.2, 0) is 4.74 Å². The zero-order chi connectivity index (χ0) is 18.6. The van der Waals surface area contributed by atoms with Gasteiger partial charge < -0.3 is 20.1 Å². The van der Waals surface area contributed by atoms with Crippen molar-refractivity contribution in [1.29, 1.82) is 0 Å². The van der Waals surface area contributed by atoms with Crippen LogP contribution in [0.15, 0.2) is 18.2 Å². The summed E-state index contributed by atoms with van der Waals surface area (Å²) in [6, 6.07) is 6.31. The predicted molar refractivity (Wildman–Crippen MR) is 99.7 cm³/mol. The molecule has 0 aliphatic carbocycles. The van der Waals surface area contributed by atoms with E-state index in [9.17, 15) is 9.90 Å². The van der Waals surface area contributed by atoms with E-state index in [1.54, 1.807) is 0 Å². The number of hydrogen-bond acceptors (Lipinski definition) is 4. The number of aliphatic hydroxyl groups is 1. The average Bonchev–Trinajstić information content (AvgIpc) is 2.47. The van der Waals surface area contributed by atoms with Crippen LogP contribution in [0, 0.1) is 13.8 Å².